The molecule has 2 heterocycles. The van der Waals surface area contributed by atoms with Crippen LogP contribution in [0, 0.1) is 0 Å². The average molecular weight is 252 g/mol. The van der Waals surface area contributed by atoms with Gasteiger partial charge in [-0.1, -0.05) is 17.7 Å². The van der Waals surface area contributed by atoms with Crippen LogP contribution in [0.4, 0.5) is 0 Å². The van der Waals surface area contributed by atoms with Crippen LogP contribution in [0.25, 0.3) is 0 Å². The van der Waals surface area contributed by atoms with E-state index in [2.05, 4.69) is 24.4 Å². The Labute approximate surface area is 107 Å². The van der Waals surface area contributed by atoms with Gasteiger partial charge >= 0.3 is 0 Å². The van der Waals surface area contributed by atoms with Crippen LogP contribution in [0.2, 0.25) is 5.02 Å². The number of benzene rings is 1. The van der Waals surface area contributed by atoms with E-state index in [-0.39, 0.29) is 5.60 Å². The Morgan fingerprint density at radius 3 is 3.18 bits per heavy atom. The van der Waals surface area contributed by atoms with Gasteiger partial charge in [0.2, 0.25) is 0 Å². The van der Waals surface area contributed by atoms with Gasteiger partial charge < -0.3 is 10.1 Å². The molecule has 0 saturated carbocycles. The molecule has 0 aliphatic carbocycles. The first-order valence-corrected chi connectivity index (χ1v) is 6.74. The predicted octanol–water partition coefficient (Wildman–Crippen LogP) is 2.88. The van der Waals surface area contributed by atoms with Crippen molar-refractivity contribution in [2.75, 3.05) is 13.2 Å². The molecule has 1 spiro atoms. The molecule has 0 amide bonds. The summed E-state index contributed by atoms with van der Waals surface area (Å²) in [7, 11) is 0. The SMILES string of the molecule is CC1CC2(CCN1)OCCc1ccc(Cl)cc12. The van der Waals surface area contributed by atoms with Gasteiger partial charge in [0.15, 0.2) is 0 Å². The number of nitrogens with one attached hydrogen (secondary N) is 1. The van der Waals surface area contributed by atoms with E-state index in [0.717, 1.165) is 37.4 Å². The Balaban J connectivity index is 2.05. The molecule has 2 atom stereocenters. The lowest BCUT2D eigenvalue weighted by atomic mass is 9.78. The summed E-state index contributed by atoms with van der Waals surface area (Å²) in [6, 6.07) is 6.76. The fourth-order valence-corrected chi connectivity index (χ4v) is 3.36. The minimum atomic E-state index is -0.0941. The van der Waals surface area contributed by atoms with E-state index in [1.54, 1.807) is 0 Å². The molecule has 1 N–H and O–H groups in total. The van der Waals surface area contributed by atoms with Crippen molar-refractivity contribution < 1.29 is 4.74 Å². The largest absolute Gasteiger partial charge is 0.370 e. The maximum Gasteiger partial charge on any atom is 0.0961 e. The highest BCUT2D eigenvalue weighted by molar-refractivity contribution is 6.30. The van der Waals surface area contributed by atoms with Gasteiger partial charge in [-0.3, -0.25) is 0 Å². The standard InChI is InChI=1S/C14H18ClNO/c1-10-9-14(5-6-16-10)13-8-12(15)3-2-11(13)4-7-17-14/h2-3,8,10,16H,4-7,9H2,1H3. The molecule has 2 aliphatic rings. The van der Waals surface area contributed by atoms with Gasteiger partial charge in [0, 0.05) is 11.1 Å². The fourth-order valence-electron chi connectivity index (χ4n) is 3.19. The molecule has 17 heavy (non-hydrogen) atoms. The zero-order chi connectivity index (χ0) is 11.9. The molecule has 1 fully saturated rings. The maximum absolute atomic E-state index is 6.16. The van der Waals surface area contributed by atoms with Gasteiger partial charge in [-0.05, 0) is 56.0 Å². The number of hydrogen-bond donors (Lipinski definition) is 1. The molecule has 0 radical (unpaired) electrons. The van der Waals surface area contributed by atoms with Crippen molar-refractivity contribution in [3.05, 3.63) is 34.3 Å². The number of ether oxygens (including phenoxy) is 1. The Morgan fingerprint density at radius 1 is 1.47 bits per heavy atom. The Bertz CT molecular complexity index is 434. The van der Waals surface area contributed by atoms with Crippen LogP contribution < -0.4 is 5.32 Å². The van der Waals surface area contributed by atoms with Crippen LogP contribution in [0.1, 0.15) is 30.9 Å². The quantitative estimate of drug-likeness (QED) is 0.766. The van der Waals surface area contributed by atoms with Gasteiger partial charge in [0.05, 0.1) is 12.2 Å². The second-order valence-corrected chi connectivity index (χ2v) is 5.64. The molecule has 0 aromatic heterocycles. The third kappa shape index (κ3) is 1.99. The second-order valence-electron chi connectivity index (χ2n) is 5.20. The molecule has 2 nitrogen and oxygen atoms in total. The van der Waals surface area contributed by atoms with Crippen LogP contribution in [0.3, 0.4) is 0 Å². The van der Waals surface area contributed by atoms with Crippen molar-refractivity contribution in [1.29, 1.82) is 0 Å². The summed E-state index contributed by atoms with van der Waals surface area (Å²) in [4.78, 5) is 0. The number of halogens is 1. The lowest BCUT2D eigenvalue weighted by Crippen LogP contribution is -2.48. The van der Waals surface area contributed by atoms with Crippen LogP contribution in [-0.2, 0) is 16.8 Å². The topological polar surface area (TPSA) is 21.3 Å². The maximum atomic E-state index is 6.16. The minimum Gasteiger partial charge on any atom is -0.370 e. The van der Waals surface area contributed by atoms with Crippen LogP contribution in [-0.4, -0.2) is 19.2 Å². The van der Waals surface area contributed by atoms with Crippen LogP contribution in [0.5, 0.6) is 0 Å². The molecule has 2 aliphatic heterocycles. The van der Waals surface area contributed by atoms with E-state index in [1.807, 2.05) is 6.07 Å². The summed E-state index contributed by atoms with van der Waals surface area (Å²) < 4.78 is 6.16. The molecule has 2 unspecified atom stereocenters. The highest BCUT2D eigenvalue weighted by atomic mass is 35.5. The summed E-state index contributed by atoms with van der Waals surface area (Å²) in [5.74, 6) is 0. The van der Waals surface area contributed by atoms with Crippen molar-refractivity contribution in [1.82, 2.24) is 5.32 Å². The van der Waals surface area contributed by atoms with Crippen molar-refractivity contribution >= 4 is 11.6 Å². The lowest BCUT2D eigenvalue weighted by molar-refractivity contribution is -0.0879. The molecule has 0 bridgehead atoms. The summed E-state index contributed by atoms with van der Waals surface area (Å²) in [5.41, 5.74) is 2.64. The Kier molecular flexibility index (Phi) is 2.89. The van der Waals surface area contributed by atoms with Crippen LogP contribution >= 0.6 is 11.6 Å². The monoisotopic (exact) mass is 251 g/mol. The highest BCUT2D eigenvalue weighted by Gasteiger charge is 2.41. The van der Waals surface area contributed by atoms with Gasteiger partial charge in [0.25, 0.3) is 0 Å². The smallest absolute Gasteiger partial charge is 0.0961 e. The van der Waals surface area contributed by atoms with E-state index < -0.39 is 0 Å². The first-order valence-electron chi connectivity index (χ1n) is 6.36. The van der Waals surface area contributed by atoms with E-state index in [1.165, 1.54) is 11.1 Å². The Morgan fingerprint density at radius 2 is 2.35 bits per heavy atom. The average Bonchev–Trinajstić information content (AvgIpc) is 2.30. The fraction of sp³-hybridized carbons (Fsp3) is 0.571. The number of rotatable bonds is 0. The molecule has 92 valence electrons. The van der Waals surface area contributed by atoms with Gasteiger partial charge in [0.1, 0.15) is 0 Å². The van der Waals surface area contributed by atoms with Crippen LogP contribution in [0.15, 0.2) is 18.2 Å². The summed E-state index contributed by atoms with van der Waals surface area (Å²) in [6.07, 6.45) is 3.10. The summed E-state index contributed by atoms with van der Waals surface area (Å²) in [5, 5.41) is 4.31. The number of hydrogen-bond acceptors (Lipinski definition) is 2. The third-order valence-corrected chi connectivity index (χ3v) is 4.21. The van der Waals surface area contributed by atoms with Gasteiger partial charge in [-0.15, -0.1) is 0 Å². The molecule has 1 saturated heterocycles. The minimum absolute atomic E-state index is 0.0941. The van der Waals surface area contributed by atoms with Gasteiger partial charge in [-0.25, -0.2) is 0 Å². The van der Waals surface area contributed by atoms with E-state index >= 15 is 0 Å². The molecular weight excluding hydrogens is 234 g/mol. The zero-order valence-corrected chi connectivity index (χ0v) is 10.9. The van der Waals surface area contributed by atoms with E-state index in [0.29, 0.717) is 6.04 Å². The van der Waals surface area contributed by atoms with Gasteiger partial charge in [-0.2, -0.15) is 0 Å². The molecule has 3 rings (SSSR count). The molecular formula is C14H18ClNO. The third-order valence-electron chi connectivity index (χ3n) is 3.97. The second kappa shape index (κ2) is 4.27. The zero-order valence-electron chi connectivity index (χ0n) is 10.1. The van der Waals surface area contributed by atoms with E-state index in [4.69, 9.17) is 16.3 Å². The van der Waals surface area contributed by atoms with Crippen molar-refractivity contribution in [2.45, 2.75) is 37.8 Å². The molecule has 1 aromatic rings. The molecule has 3 heteroatoms. The summed E-state index contributed by atoms with van der Waals surface area (Å²) in [6.45, 7) is 4.08. The summed E-state index contributed by atoms with van der Waals surface area (Å²) >= 11 is 6.14. The number of fused-ring (bicyclic) bond motifs is 2. The first kappa shape index (κ1) is 11.5. The normalized spacial score (nSPS) is 32.5. The Hall–Kier alpha value is -0.570. The van der Waals surface area contributed by atoms with Crippen molar-refractivity contribution in [2.24, 2.45) is 0 Å². The number of piperidine rings is 1. The lowest BCUT2D eigenvalue weighted by Gasteiger charge is -2.44. The molecule has 1 aromatic carbocycles. The van der Waals surface area contributed by atoms with E-state index in [9.17, 15) is 0 Å². The highest BCUT2D eigenvalue weighted by Crippen LogP contribution is 2.42. The van der Waals surface area contributed by atoms with Crippen molar-refractivity contribution in [3.8, 4) is 0 Å². The predicted molar refractivity (Wildman–Crippen MR) is 69.5 cm³/mol. The first-order chi connectivity index (χ1) is 8.20. The van der Waals surface area contributed by atoms with Crippen molar-refractivity contribution in [3.63, 3.8) is 0 Å².